The number of hydrazone groups is 1. The SMILES string of the molecule is CC(C)=NNC(=O)c1ccccc1N=C(C)C. The maximum Gasteiger partial charge on any atom is 0.273 e. The molecule has 4 heteroatoms. The number of rotatable bonds is 3. The van der Waals surface area contributed by atoms with Crippen molar-refractivity contribution < 1.29 is 4.79 Å². The van der Waals surface area contributed by atoms with Gasteiger partial charge < -0.3 is 0 Å². The molecule has 1 aromatic carbocycles. The molecule has 0 aliphatic heterocycles. The number of nitrogens with zero attached hydrogens (tertiary/aromatic N) is 2. The maximum absolute atomic E-state index is 11.9. The van der Waals surface area contributed by atoms with E-state index < -0.39 is 0 Å². The average molecular weight is 231 g/mol. The normalized spacial score (nSPS) is 9.41. The van der Waals surface area contributed by atoms with Gasteiger partial charge in [-0.1, -0.05) is 12.1 Å². The van der Waals surface area contributed by atoms with Gasteiger partial charge >= 0.3 is 0 Å². The molecule has 0 aliphatic carbocycles. The van der Waals surface area contributed by atoms with E-state index in [1.807, 2.05) is 39.8 Å². The fourth-order valence-corrected chi connectivity index (χ4v) is 1.23. The van der Waals surface area contributed by atoms with Crippen LogP contribution < -0.4 is 5.43 Å². The van der Waals surface area contributed by atoms with Gasteiger partial charge in [0.1, 0.15) is 0 Å². The predicted octanol–water partition coefficient (Wildman–Crippen LogP) is 2.92. The Morgan fingerprint density at radius 2 is 1.71 bits per heavy atom. The van der Waals surface area contributed by atoms with Crippen LogP contribution in [-0.2, 0) is 0 Å². The van der Waals surface area contributed by atoms with E-state index in [9.17, 15) is 4.79 Å². The van der Waals surface area contributed by atoms with Crippen LogP contribution in [0.15, 0.2) is 34.4 Å². The Morgan fingerprint density at radius 1 is 1.06 bits per heavy atom. The highest BCUT2D eigenvalue weighted by molar-refractivity contribution is 6.00. The summed E-state index contributed by atoms with van der Waals surface area (Å²) >= 11 is 0. The Balaban J connectivity index is 3.01. The van der Waals surface area contributed by atoms with Crippen molar-refractivity contribution in [3.8, 4) is 0 Å². The number of aliphatic imine (C=N–C) groups is 1. The number of nitrogens with one attached hydrogen (secondary N) is 1. The van der Waals surface area contributed by atoms with Crippen LogP contribution in [-0.4, -0.2) is 17.3 Å². The van der Waals surface area contributed by atoms with Gasteiger partial charge in [0, 0.05) is 11.4 Å². The van der Waals surface area contributed by atoms with Crippen molar-refractivity contribution >= 4 is 23.0 Å². The number of hydrogen-bond acceptors (Lipinski definition) is 3. The third kappa shape index (κ3) is 4.18. The van der Waals surface area contributed by atoms with Crippen molar-refractivity contribution in [3.05, 3.63) is 29.8 Å². The largest absolute Gasteiger partial charge is 0.273 e. The van der Waals surface area contributed by atoms with E-state index in [1.54, 1.807) is 12.1 Å². The quantitative estimate of drug-likeness (QED) is 0.631. The molecule has 4 nitrogen and oxygen atoms in total. The summed E-state index contributed by atoms with van der Waals surface area (Å²) in [6.45, 7) is 7.42. The lowest BCUT2D eigenvalue weighted by molar-refractivity contribution is 0.0955. The second kappa shape index (κ2) is 5.94. The molecule has 0 aromatic heterocycles. The fraction of sp³-hybridized carbons (Fsp3) is 0.308. The van der Waals surface area contributed by atoms with Crippen LogP contribution in [0.3, 0.4) is 0 Å². The highest BCUT2D eigenvalue weighted by Gasteiger charge is 2.09. The smallest absolute Gasteiger partial charge is 0.267 e. The van der Waals surface area contributed by atoms with Crippen LogP contribution in [0.25, 0.3) is 0 Å². The zero-order chi connectivity index (χ0) is 12.8. The molecule has 1 aromatic rings. The summed E-state index contributed by atoms with van der Waals surface area (Å²) in [5.74, 6) is -0.244. The molecule has 1 N–H and O–H groups in total. The minimum Gasteiger partial charge on any atom is -0.267 e. The van der Waals surface area contributed by atoms with E-state index in [1.165, 1.54) is 0 Å². The third-order valence-corrected chi connectivity index (χ3v) is 1.87. The number of amides is 1. The van der Waals surface area contributed by atoms with E-state index in [-0.39, 0.29) is 5.91 Å². The first kappa shape index (κ1) is 13.1. The van der Waals surface area contributed by atoms with E-state index in [0.717, 1.165) is 11.4 Å². The van der Waals surface area contributed by atoms with Gasteiger partial charge in [-0.25, -0.2) is 5.43 Å². The summed E-state index contributed by atoms with van der Waals surface area (Å²) in [5.41, 5.74) is 5.38. The van der Waals surface area contributed by atoms with Crippen molar-refractivity contribution in [2.75, 3.05) is 0 Å². The second-order valence-electron chi connectivity index (χ2n) is 4.08. The van der Waals surface area contributed by atoms with Gasteiger partial charge in [-0.3, -0.25) is 9.79 Å². The molecule has 0 aliphatic rings. The minimum atomic E-state index is -0.244. The van der Waals surface area contributed by atoms with E-state index in [4.69, 9.17) is 0 Å². The number of carbonyl (C=O) groups excluding carboxylic acids is 1. The fourth-order valence-electron chi connectivity index (χ4n) is 1.23. The molecule has 17 heavy (non-hydrogen) atoms. The Labute approximate surface area is 101 Å². The Morgan fingerprint density at radius 3 is 2.29 bits per heavy atom. The van der Waals surface area contributed by atoms with Crippen LogP contribution in [0.1, 0.15) is 38.1 Å². The molecule has 0 saturated carbocycles. The van der Waals surface area contributed by atoms with Gasteiger partial charge in [-0.15, -0.1) is 0 Å². The monoisotopic (exact) mass is 231 g/mol. The molecule has 0 spiro atoms. The molecule has 0 radical (unpaired) electrons. The van der Waals surface area contributed by atoms with Crippen LogP contribution in [0, 0.1) is 0 Å². The summed E-state index contributed by atoms with van der Waals surface area (Å²) in [4.78, 5) is 16.2. The lowest BCUT2D eigenvalue weighted by atomic mass is 10.1. The molecule has 0 heterocycles. The van der Waals surface area contributed by atoms with Crippen molar-refractivity contribution in [1.29, 1.82) is 0 Å². The highest BCUT2D eigenvalue weighted by atomic mass is 16.2. The molecule has 0 bridgehead atoms. The van der Waals surface area contributed by atoms with Crippen LogP contribution in [0.2, 0.25) is 0 Å². The Bertz CT molecular complexity index is 467. The lowest BCUT2D eigenvalue weighted by Gasteiger charge is -2.04. The Kier molecular flexibility index (Phi) is 4.57. The minimum absolute atomic E-state index is 0.244. The standard InChI is InChI=1S/C13H17N3O/c1-9(2)14-12-8-6-5-7-11(12)13(17)16-15-10(3)4/h5-8H,1-4H3,(H,16,17). The first-order valence-corrected chi connectivity index (χ1v) is 5.43. The average Bonchev–Trinajstić information content (AvgIpc) is 2.25. The molecule has 0 atom stereocenters. The van der Waals surface area contributed by atoms with Crippen molar-refractivity contribution in [2.45, 2.75) is 27.7 Å². The second-order valence-corrected chi connectivity index (χ2v) is 4.08. The van der Waals surface area contributed by atoms with Gasteiger partial charge in [-0.2, -0.15) is 5.10 Å². The lowest BCUT2D eigenvalue weighted by Crippen LogP contribution is -2.18. The summed E-state index contributed by atoms with van der Waals surface area (Å²) in [6.07, 6.45) is 0. The van der Waals surface area contributed by atoms with E-state index in [0.29, 0.717) is 11.3 Å². The molecule has 1 amide bonds. The number of benzene rings is 1. The summed E-state index contributed by atoms with van der Waals surface area (Å²) < 4.78 is 0. The number of carbonyl (C=O) groups is 1. The van der Waals surface area contributed by atoms with Gasteiger partial charge in [0.25, 0.3) is 5.91 Å². The predicted molar refractivity (Wildman–Crippen MR) is 71.1 cm³/mol. The highest BCUT2D eigenvalue weighted by Crippen LogP contribution is 2.18. The third-order valence-electron chi connectivity index (χ3n) is 1.87. The topological polar surface area (TPSA) is 53.8 Å². The van der Waals surface area contributed by atoms with Crippen LogP contribution in [0.4, 0.5) is 5.69 Å². The summed E-state index contributed by atoms with van der Waals surface area (Å²) in [7, 11) is 0. The Hall–Kier alpha value is -1.97. The number of para-hydroxylation sites is 1. The number of hydrogen-bond donors (Lipinski definition) is 1. The maximum atomic E-state index is 11.9. The summed E-state index contributed by atoms with van der Waals surface area (Å²) in [6, 6.07) is 7.20. The van der Waals surface area contributed by atoms with Gasteiger partial charge in [0.2, 0.25) is 0 Å². The van der Waals surface area contributed by atoms with E-state index >= 15 is 0 Å². The van der Waals surface area contributed by atoms with Crippen LogP contribution >= 0.6 is 0 Å². The zero-order valence-electron chi connectivity index (χ0n) is 10.6. The van der Waals surface area contributed by atoms with Crippen molar-refractivity contribution in [1.82, 2.24) is 5.43 Å². The molecular formula is C13H17N3O. The van der Waals surface area contributed by atoms with E-state index in [2.05, 4.69) is 15.5 Å². The van der Waals surface area contributed by atoms with Crippen molar-refractivity contribution in [2.24, 2.45) is 10.1 Å². The van der Waals surface area contributed by atoms with Crippen LogP contribution in [0.5, 0.6) is 0 Å². The van der Waals surface area contributed by atoms with Gasteiger partial charge in [0.05, 0.1) is 11.3 Å². The summed E-state index contributed by atoms with van der Waals surface area (Å²) in [5, 5.41) is 3.89. The van der Waals surface area contributed by atoms with Gasteiger partial charge in [-0.05, 0) is 39.8 Å². The molecular weight excluding hydrogens is 214 g/mol. The molecule has 90 valence electrons. The molecule has 0 fully saturated rings. The molecule has 0 saturated heterocycles. The first-order valence-electron chi connectivity index (χ1n) is 5.43. The zero-order valence-corrected chi connectivity index (χ0v) is 10.6. The first-order chi connectivity index (χ1) is 8.00. The molecule has 0 unspecified atom stereocenters. The van der Waals surface area contributed by atoms with Gasteiger partial charge in [0.15, 0.2) is 0 Å². The molecule has 1 rings (SSSR count). The van der Waals surface area contributed by atoms with Crippen molar-refractivity contribution in [3.63, 3.8) is 0 Å².